The summed E-state index contributed by atoms with van der Waals surface area (Å²) in [7, 11) is -3.99. The van der Waals surface area contributed by atoms with Gasteiger partial charge in [0.05, 0.1) is 36.0 Å². The zero-order chi connectivity index (χ0) is 28.0. The van der Waals surface area contributed by atoms with Crippen molar-refractivity contribution in [3.05, 3.63) is 70.9 Å². The summed E-state index contributed by atoms with van der Waals surface area (Å²) in [6.45, 7) is 1.68. The minimum atomic E-state index is -3.99. The van der Waals surface area contributed by atoms with Crippen LogP contribution in [0.1, 0.15) is 27.0 Å². The van der Waals surface area contributed by atoms with Crippen LogP contribution >= 0.6 is 11.3 Å². The van der Waals surface area contributed by atoms with Crippen LogP contribution in [-0.2, 0) is 29.0 Å². The predicted octanol–water partition coefficient (Wildman–Crippen LogP) is 3.55. The Balaban J connectivity index is 1.46. The summed E-state index contributed by atoms with van der Waals surface area (Å²) in [6.07, 6.45) is 0. The molecule has 1 saturated heterocycles. The van der Waals surface area contributed by atoms with Gasteiger partial charge in [-0.3, -0.25) is 4.79 Å². The van der Waals surface area contributed by atoms with E-state index in [9.17, 15) is 27.2 Å². The van der Waals surface area contributed by atoms with E-state index in [0.29, 0.717) is 4.88 Å². The van der Waals surface area contributed by atoms with Crippen LogP contribution < -0.4 is 5.32 Å². The molecule has 39 heavy (non-hydrogen) atoms. The highest BCUT2D eigenvalue weighted by molar-refractivity contribution is 7.89. The Bertz CT molecular complexity index is 1470. The Kier molecular flexibility index (Phi) is 9.07. The Labute approximate surface area is 228 Å². The Morgan fingerprint density at radius 3 is 2.44 bits per heavy atom. The average molecular weight is 577 g/mol. The van der Waals surface area contributed by atoms with Crippen LogP contribution in [0.2, 0.25) is 0 Å². The molecule has 1 aliphatic rings. The van der Waals surface area contributed by atoms with Gasteiger partial charge in [-0.1, -0.05) is 30.3 Å². The van der Waals surface area contributed by atoms with Crippen molar-refractivity contribution in [2.45, 2.75) is 11.8 Å². The summed E-state index contributed by atoms with van der Waals surface area (Å²) in [5, 5.41) is 2.53. The van der Waals surface area contributed by atoms with Gasteiger partial charge in [0.15, 0.2) is 6.61 Å². The Morgan fingerprint density at radius 1 is 1.03 bits per heavy atom. The summed E-state index contributed by atoms with van der Waals surface area (Å²) in [5.74, 6) is -3.64. The number of thiophene rings is 1. The number of amides is 1. The number of hydrogen-bond acceptors (Lipinski definition) is 9. The topological polar surface area (TPSA) is 128 Å². The van der Waals surface area contributed by atoms with E-state index in [4.69, 9.17) is 14.2 Å². The molecule has 1 N–H and O–H groups in total. The fraction of sp³-hybridized carbons (Fsp3) is 0.269. The number of carbonyl (C=O) groups excluding carboxylic acids is 3. The maximum Gasteiger partial charge on any atom is 0.350 e. The van der Waals surface area contributed by atoms with Crippen molar-refractivity contribution < 1.29 is 41.4 Å². The van der Waals surface area contributed by atoms with E-state index < -0.39 is 45.9 Å². The highest BCUT2D eigenvalue weighted by Gasteiger charge is 2.28. The van der Waals surface area contributed by atoms with E-state index in [2.05, 4.69) is 5.32 Å². The van der Waals surface area contributed by atoms with E-state index in [-0.39, 0.29) is 48.4 Å². The molecule has 1 aliphatic heterocycles. The molecule has 4 rings (SSSR count). The quantitative estimate of drug-likeness (QED) is 0.383. The lowest BCUT2D eigenvalue weighted by Gasteiger charge is -2.26. The second-order valence-electron chi connectivity index (χ2n) is 8.22. The van der Waals surface area contributed by atoms with Gasteiger partial charge in [-0.05, 0) is 36.8 Å². The minimum Gasteiger partial charge on any atom is -0.462 e. The molecule has 13 heteroatoms. The highest BCUT2D eigenvalue weighted by Crippen LogP contribution is 2.35. The predicted molar refractivity (Wildman–Crippen MR) is 141 cm³/mol. The fourth-order valence-corrected chi connectivity index (χ4v) is 6.18. The number of nitrogens with zero attached hydrogens (tertiary/aromatic N) is 1. The average Bonchev–Trinajstić information content (AvgIpc) is 3.36. The SMILES string of the molecule is CCOC(=O)c1sc(-c2ccccc2)cc1NC(=O)COC(=O)c1cc(S(=O)(=O)N2CCOCC2)ccc1F. The normalized spacial score (nSPS) is 14.0. The first kappa shape index (κ1) is 28.4. The van der Waals surface area contributed by atoms with Crippen LogP contribution in [0.3, 0.4) is 0 Å². The van der Waals surface area contributed by atoms with Gasteiger partial charge >= 0.3 is 11.9 Å². The molecule has 0 radical (unpaired) electrons. The zero-order valence-corrected chi connectivity index (χ0v) is 22.5. The third-order valence-electron chi connectivity index (χ3n) is 5.63. The minimum absolute atomic E-state index is 0.127. The van der Waals surface area contributed by atoms with Crippen LogP contribution in [0, 0.1) is 5.82 Å². The summed E-state index contributed by atoms with van der Waals surface area (Å²) in [5.41, 5.74) is 0.358. The maximum atomic E-state index is 14.4. The number of hydrogen-bond donors (Lipinski definition) is 1. The van der Waals surface area contributed by atoms with E-state index in [1.807, 2.05) is 30.3 Å². The van der Waals surface area contributed by atoms with E-state index in [0.717, 1.165) is 35.1 Å². The van der Waals surface area contributed by atoms with Crippen molar-refractivity contribution in [2.24, 2.45) is 0 Å². The molecule has 0 atom stereocenters. The van der Waals surface area contributed by atoms with Gasteiger partial charge < -0.3 is 19.5 Å². The molecule has 1 aromatic heterocycles. The molecule has 0 spiro atoms. The second-order valence-corrected chi connectivity index (χ2v) is 11.2. The maximum absolute atomic E-state index is 14.4. The van der Waals surface area contributed by atoms with Crippen LogP contribution in [0.25, 0.3) is 10.4 Å². The smallest absolute Gasteiger partial charge is 0.350 e. The van der Waals surface area contributed by atoms with Gasteiger partial charge in [0.1, 0.15) is 10.7 Å². The van der Waals surface area contributed by atoms with Crippen LogP contribution in [0.15, 0.2) is 59.5 Å². The molecule has 3 aromatic rings. The van der Waals surface area contributed by atoms with Crippen LogP contribution in [-0.4, -0.2) is 70.1 Å². The van der Waals surface area contributed by atoms with Gasteiger partial charge in [-0.25, -0.2) is 22.4 Å². The van der Waals surface area contributed by atoms with E-state index in [1.54, 1.807) is 13.0 Å². The lowest BCUT2D eigenvalue weighted by atomic mass is 10.2. The molecule has 2 aromatic carbocycles. The lowest BCUT2D eigenvalue weighted by molar-refractivity contribution is -0.119. The van der Waals surface area contributed by atoms with Crippen molar-refractivity contribution >= 4 is 44.9 Å². The summed E-state index contributed by atoms with van der Waals surface area (Å²) in [4.78, 5) is 38.2. The lowest BCUT2D eigenvalue weighted by Crippen LogP contribution is -2.40. The fourth-order valence-electron chi connectivity index (χ4n) is 3.73. The number of esters is 2. The first-order chi connectivity index (χ1) is 18.7. The number of rotatable bonds is 9. The van der Waals surface area contributed by atoms with Gasteiger partial charge in [0, 0.05) is 18.0 Å². The number of morpholine rings is 1. The molecule has 1 amide bonds. The number of halogens is 1. The third kappa shape index (κ3) is 6.68. The van der Waals surface area contributed by atoms with Crippen molar-refractivity contribution in [3.63, 3.8) is 0 Å². The van der Waals surface area contributed by atoms with Gasteiger partial charge in [-0.2, -0.15) is 4.31 Å². The van der Waals surface area contributed by atoms with Crippen molar-refractivity contribution in [1.29, 1.82) is 0 Å². The van der Waals surface area contributed by atoms with Crippen molar-refractivity contribution in [3.8, 4) is 10.4 Å². The van der Waals surface area contributed by atoms with Gasteiger partial charge in [-0.15, -0.1) is 11.3 Å². The Morgan fingerprint density at radius 2 is 1.74 bits per heavy atom. The second kappa shape index (κ2) is 12.5. The summed E-state index contributed by atoms with van der Waals surface area (Å²) in [6, 6.07) is 13.6. The van der Waals surface area contributed by atoms with Crippen molar-refractivity contribution in [1.82, 2.24) is 4.31 Å². The standard InChI is InChI=1S/C26H25FN2O8S2/c1-2-36-26(32)24-21(15-22(38-24)17-6-4-3-5-7-17)28-23(30)16-37-25(31)19-14-18(8-9-20(19)27)39(33,34)29-10-12-35-13-11-29/h3-9,14-15H,2,10-13,16H2,1H3,(H,28,30). The summed E-state index contributed by atoms with van der Waals surface area (Å²) < 4.78 is 56.6. The molecular weight excluding hydrogens is 551 g/mol. The van der Waals surface area contributed by atoms with Gasteiger partial charge in [0.25, 0.3) is 5.91 Å². The highest BCUT2D eigenvalue weighted by atomic mass is 32.2. The molecule has 0 unspecified atom stereocenters. The molecule has 0 saturated carbocycles. The number of sulfonamides is 1. The number of carbonyl (C=O) groups is 3. The van der Waals surface area contributed by atoms with Crippen LogP contribution in [0.4, 0.5) is 10.1 Å². The zero-order valence-electron chi connectivity index (χ0n) is 20.8. The Hall–Kier alpha value is -3.65. The molecule has 206 valence electrons. The number of ether oxygens (including phenoxy) is 3. The third-order valence-corrected chi connectivity index (χ3v) is 8.68. The molecule has 10 nitrogen and oxygen atoms in total. The molecule has 0 bridgehead atoms. The number of nitrogens with one attached hydrogen (secondary N) is 1. The summed E-state index contributed by atoms with van der Waals surface area (Å²) >= 11 is 1.13. The van der Waals surface area contributed by atoms with E-state index in [1.165, 1.54) is 4.31 Å². The monoisotopic (exact) mass is 576 g/mol. The molecular formula is C26H25FN2O8S2. The van der Waals surface area contributed by atoms with Crippen molar-refractivity contribution in [2.75, 3.05) is 44.8 Å². The largest absolute Gasteiger partial charge is 0.462 e. The number of anilines is 1. The molecule has 0 aliphatic carbocycles. The number of benzene rings is 2. The van der Waals surface area contributed by atoms with E-state index >= 15 is 0 Å². The molecule has 1 fully saturated rings. The first-order valence-corrected chi connectivity index (χ1v) is 14.2. The van der Waals surface area contributed by atoms with Gasteiger partial charge in [0.2, 0.25) is 10.0 Å². The first-order valence-electron chi connectivity index (χ1n) is 11.9. The molecule has 2 heterocycles. The van der Waals surface area contributed by atoms with Crippen LogP contribution in [0.5, 0.6) is 0 Å².